The summed E-state index contributed by atoms with van der Waals surface area (Å²) in [5, 5.41) is 11.1. The molecule has 4 rings (SSSR count). The number of anilines is 1. The van der Waals surface area contributed by atoms with Crippen molar-refractivity contribution in [2.75, 3.05) is 31.2 Å². The molecular weight excluding hydrogens is 461 g/mol. The maximum absolute atomic E-state index is 13.0. The summed E-state index contributed by atoms with van der Waals surface area (Å²) < 4.78 is 49.5. The zero-order chi connectivity index (χ0) is 24.5. The average Bonchev–Trinajstić information content (AvgIpc) is 2.81. The Balaban J connectivity index is 1.61. The fourth-order valence-electron chi connectivity index (χ4n) is 3.53. The number of benzene rings is 2. The number of halogens is 3. The third-order valence-electron chi connectivity index (χ3n) is 5.19. The number of aromatic amines is 1. The van der Waals surface area contributed by atoms with Crippen molar-refractivity contribution in [2.24, 2.45) is 0 Å². The smallest absolute Gasteiger partial charge is 0.416 e. The first-order valence-corrected chi connectivity index (χ1v) is 10.0. The van der Waals surface area contributed by atoms with E-state index in [0.717, 1.165) is 24.3 Å². The number of carbonyl (C=O) groups is 1. The maximum atomic E-state index is 13.0. The second-order valence-corrected chi connectivity index (χ2v) is 7.38. The maximum Gasteiger partial charge on any atom is 0.416 e. The van der Waals surface area contributed by atoms with E-state index in [9.17, 15) is 32.9 Å². The van der Waals surface area contributed by atoms with Gasteiger partial charge in [-0.15, -0.1) is 0 Å². The van der Waals surface area contributed by atoms with Crippen LogP contribution in [0.1, 0.15) is 21.7 Å². The molecule has 1 aromatic heterocycles. The number of aromatic nitrogens is 2. The Morgan fingerprint density at radius 1 is 1.21 bits per heavy atom. The van der Waals surface area contributed by atoms with E-state index in [-0.39, 0.29) is 28.0 Å². The van der Waals surface area contributed by atoms with Gasteiger partial charge in [-0.25, -0.2) is 9.78 Å². The zero-order valence-electron chi connectivity index (χ0n) is 17.4. The lowest BCUT2D eigenvalue weighted by Crippen LogP contribution is -2.37. The fourth-order valence-corrected chi connectivity index (χ4v) is 3.53. The van der Waals surface area contributed by atoms with Crippen molar-refractivity contribution in [2.45, 2.75) is 12.8 Å². The number of nitro benzene ring substituents is 1. The van der Waals surface area contributed by atoms with Crippen molar-refractivity contribution in [1.82, 2.24) is 9.97 Å². The standard InChI is InChI=1S/C21H17F3N4O6/c22-21(23,24)12-1-3-14-16(9-12)25-18(26-19(14)29)11-34-20(30)15-10-13(28(31)32)2-4-17(15)27-5-7-33-8-6-27/h1-4,9-10H,5-8,11H2,(H,25,26,29). The minimum atomic E-state index is -4.62. The van der Waals surface area contributed by atoms with Gasteiger partial charge in [0.05, 0.1) is 45.9 Å². The first-order valence-electron chi connectivity index (χ1n) is 10.0. The largest absolute Gasteiger partial charge is 0.454 e. The van der Waals surface area contributed by atoms with E-state index < -0.39 is 34.8 Å². The number of nitrogens with zero attached hydrogens (tertiary/aromatic N) is 3. The fraction of sp³-hybridized carbons (Fsp3) is 0.286. The summed E-state index contributed by atoms with van der Waals surface area (Å²) in [6.07, 6.45) is -4.62. The van der Waals surface area contributed by atoms with E-state index in [0.29, 0.717) is 32.0 Å². The predicted molar refractivity (Wildman–Crippen MR) is 113 cm³/mol. The minimum Gasteiger partial charge on any atom is -0.454 e. The number of morpholine rings is 1. The molecule has 1 saturated heterocycles. The Labute approximate surface area is 189 Å². The van der Waals surface area contributed by atoms with Gasteiger partial charge in [-0.2, -0.15) is 13.2 Å². The molecule has 0 atom stereocenters. The molecule has 178 valence electrons. The Bertz CT molecular complexity index is 1320. The highest BCUT2D eigenvalue weighted by Gasteiger charge is 2.31. The molecule has 1 aliphatic rings. The first kappa shape index (κ1) is 23.2. The number of esters is 1. The van der Waals surface area contributed by atoms with Crippen molar-refractivity contribution in [1.29, 1.82) is 0 Å². The van der Waals surface area contributed by atoms with Gasteiger partial charge in [0.1, 0.15) is 12.4 Å². The van der Waals surface area contributed by atoms with Crippen LogP contribution in [0, 0.1) is 10.1 Å². The molecule has 0 unspecified atom stereocenters. The molecule has 1 fully saturated rings. The van der Waals surface area contributed by atoms with Gasteiger partial charge in [0.2, 0.25) is 0 Å². The van der Waals surface area contributed by atoms with Gasteiger partial charge < -0.3 is 19.4 Å². The Kier molecular flexibility index (Phi) is 6.20. The molecule has 0 radical (unpaired) electrons. The predicted octanol–water partition coefficient (Wildman–Crippen LogP) is 3.04. The van der Waals surface area contributed by atoms with Gasteiger partial charge >= 0.3 is 12.1 Å². The van der Waals surface area contributed by atoms with Gasteiger partial charge in [-0.05, 0) is 24.3 Å². The molecule has 2 aromatic carbocycles. The summed E-state index contributed by atoms with van der Waals surface area (Å²) in [6.45, 7) is 1.17. The van der Waals surface area contributed by atoms with Crippen molar-refractivity contribution < 1.29 is 32.4 Å². The Morgan fingerprint density at radius 3 is 2.62 bits per heavy atom. The third-order valence-corrected chi connectivity index (χ3v) is 5.19. The van der Waals surface area contributed by atoms with Crippen LogP contribution >= 0.6 is 0 Å². The average molecular weight is 478 g/mol. The molecule has 13 heteroatoms. The summed E-state index contributed by atoms with van der Waals surface area (Å²) in [7, 11) is 0. The van der Waals surface area contributed by atoms with Gasteiger partial charge in [0.15, 0.2) is 0 Å². The zero-order valence-corrected chi connectivity index (χ0v) is 17.4. The molecule has 10 nitrogen and oxygen atoms in total. The molecule has 34 heavy (non-hydrogen) atoms. The number of nitrogens with one attached hydrogen (secondary N) is 1. The van der Waals surface area contributed by atoms with E-state index >= 15 is 0 Å². The number of ether oxygens (including phenoxy) is 2. The summed E-state index contributed by atoms with van der Waals surface area (Å²) >= 11 is 0. The van der Waals surface area contributed by atoms with Crippen LogP contribution in [0.15, 0.2) is 41.2 Å². The second-order valence-electron chi connectivity index (χ2n) is 7.38. The Hall–Kier alpha value is -4.00. The van der Waals surface area contributed by atoms with Crippen molar-refractivity contribution in [3.63, 3.8) is 0 Å². The highest BCUT2D eigenvalue weighted by Crippen LogP contribution is 2.30. The molecule has 1 aliphatic heterocycles. The Morgan fingerprint density at radius 2 is 1.94 bits per heavy atom. The molecule has 2 heterocycles. The lowest BCUT2D eigenvalue weighted by molar-refractivity contribution is -0.384. The molecular formula is C21H17F3N4O6. The number of hydrogen-bond acceptors (Lipinski definition) is 8. The summed E-state index contributed by atoms with van der Waals surface area (Å²) in [6, 6.07) is 6.30. The highest BCUT2D eigenvalue weighted by atomic mass is 19.4. The number of rotatable bonds is 5. The molecule has 0 amide bonds. The molecule has 0 bridgehead atoms. The number of fused-ring (bicyclic) bond motifs is 1. The second kappa shape index (κ2) is 9.09. The monoisotopic (exact) mass is 478 g/mol. The van der Waals surface area contributed by atoms with Crippen LogP contribution in [0.4, 0.5) is 24.5 Å². The van der Waals surface area contributed by atoms with Crippen LogP contribution in [-0.4, -0.2) is 47.2 Å². The molecule has 0 aliphatic carbocycles. The van der Waals surface area contributed by atoms with Gasteiger partial charge in [-0.3, -0.25) is 14.9 Å². The van der Waals surface area contributed by atoms with Gasteiger partial charge in [0, 0.05) is 25.2 Å². The number of non-ortho nitro benzene ring substituents is 1. The number of alkyl halides is 3. The molecule has 0 saturated carbocycles. The van der Waals surface area contributed by atoms with Crippen molar-refractivity contribution in [3.05, 3.63) is 73.8 Å². The van der Waals surface area contributed by atoms with E-state index in [1.165, 1.54) is 12.1 Å². The van der Waals surface area contributed by atoms with E-state index in [4.69, 9.17) is 9.47 Å². The van der Waals surface area contributed by atoms with Gasteiger partial charge in [-0.1, -0.05) is 0 Å². The minimum absolute atomic E-state index is 0.0589. The van der Waals surface area contributed by atoms with E-state index in [1.807, 2.05) is 4.90 Å². The molecule has 0 spiro atoms. The van der Waals surface area contributed by atoms with Crippen LogP contribution in [0.5, 0.6) is 0 Å². The third kappa shape index (κ3) is 4.83. The number of H-pyrrole nitrogens is 1. The van der Waals surface area contributed by atoms with Crippen molar-refractivity contribution >= 4 is 28.2 Å². The quantitative estimate of drug-likeness (QED) is 0.337. The lowest BCUT2D eigenvalue weighted by atomic mass is 10.1. The van der Waals surface area contributed by atoms with E-state index in [1.54, 1.807) is 0 Å². The summed E-state index contributed by atoms with van der Waals surface area (Å²) in [5.41, 5.74) is -1.87. The molecule has 1 N–H and O–H groups in total. The van der Waals surface area contributed by atoms with Crippen molar-refractivity contribution in [3.8, 4) is 0 Å². The van der Waals surface area contributed by atoms with Crippen LogP contribution in [0.25, 0.3) is 10.9 Å². The highest BCUT2D eigenvalue weighted by molar-refractivity contribution is 5.96. The molecule has 3 aromatic rings. The number of hydrogen-bond donors (Lipinski definition) is 1. The van der Waals surface area contributed by atoms with Crippen LogP contribution in [0.2, 0.25) is 0 Å². The topological polar surface area (TPSA) is 128 Å². The van der Waals surface area contributed by atoms with Crippen LogP contribution < -0.4 is 10.5 Å². The number of nitro groups is 1. The van der Waals surface area contributed by atoms with E-state index in [2.05, 4.69) is 9.97 Å². The van der Waals surface area contributed by atoms with Gasteiger partial charge in [0.25, 0.3) is 11.2 Å². The lowest BCUT2D eigenvalue weighted by Gasteiger charge is -2.30. The summed E-state index contributed by atoms with van der Waals surface area (Å²) in [4.78, 5) is 43.8. The first-order chi connectivity index (χ1) is 16.1. The van der Waals surface area contributed by atoms with Crippen LogP contribution in [0.3, 0.4) is 0 Å². The SMILES string of the molecule is O=C(OCc1nc2cc(C(F)(F)F)ccc2c(=O)[nH]1)c1cc([N+](=O)[O-])ccc1N1CCOCC1. The number of carbonyl (C=O) groups excluding carboxylic acids is 1. The normalized spacial score (nSPS) is 14.3. The summed E-state index contributed by atoms with van der Waals surface area (Å²) in [5.74, 6) is -1.10. The van der Waals surface area contributed by atoms with Crippen LogP contribution in [-0.2, 0) is 22.3 Å².